The van der Waals surface area contributed by atoms with Crippen molar-refractivity contribution >= 4 is 17.5 Å². The number of rotatable bonds is 3. The van der Waals surface area contributed by atoms with Crippen molar-refractivity contribution in [1.29, 1.82) is 0 Å². The van der Waals surface area contributed by atoms with Crippen LogP contribution in [0.25, 0.3) is 0 Å². The molecule has 0 aliphatic heterocycles. The van der Waals surface area contributed by atoms with Crippen LogP contribution in [0, 0.1) is 0 Å². The summed E-state index contributed by atoms with van der Waals surface area (Å²) in [7, 11) is 0. The summed E-state index contributed by atoms with van der Waals surface area (Å²) in [5.41, 5.74) is -1.23. The Morgan fingerprint density at radius 1 is 1.58 bits per heavy atom. The van der Waals surface area contributed by atoms with Crippen LogP contribution in [0.15, 0.2) is 30.3 Å². The first kappa shape index (κ1) is 5.78. The summed E-state index contributed by atoms with van der Waals surface area (Å²) in [6.45, 7) is 0. The van der Waals surface area contributed by atoms with Crippen LogP contribution in [0.2, 0.25) is 0 Å². The summed E-state index contributed by atoms with van der Waals surface area (Å²) in [6.07, 6.45) is -2.37. The number of thioether (sulfide) groups is 1. The van der Waals surface area contributed by atoms with Crippen molar-refractivity contribution in [3.05, 3.63) is 35.9 Å². The van der Waals surface area contributed by atoms with Gasteiger partial charge in [0.25, 0.3) is 0 Å². The van der Waals surface area contributed by atoms with Crippen LogP contribution in [0.4, 0.5) is 0 Å². The molecule has 2 nitrogen and oxygen atoms in total. The van der Waals surface area contributed by atoms with E-state index in [1.165, 1.54) is 12.1 Å². The monoisotopic (exact) mass is 185 g/mol. The van der Waals surface area contributed by atoms with Gasteiger partial charge in [-0.05, 0) is 6.18 Å². The Balaban J connectivity index is 2.70. The number of benzene rings is 1. The van der Waals surface area contributed by atoms with E-state index >= 15 is 0 Å². The Morgan fingerprint density at radius 2 is 2.25 bits per heavy atom. The van der Waals surface area contributed by atoms with Gasteiger partial charge in [-0.2, -0.15) is 0 Å². The van der Waals surface area contributed by atoms with E-state index in [1.54, 1.807) is 18.2 Å². The molecule has 1 aromatic carbocycles. The highest BCUT2D eigenvalue weighted by atomic mass is 32.2. The predicted molar refractivity (Wildman–Crippen MR) is 50.3 cm³/mol. The van der Waals surface area contributed by atoms with Gasteiger partial charge in [0.1, 0.15) is 0 Å². The first-order chi connectivity index (χ1) is 6.90. The Bertz CT molecular complexity index is 337. The minimum atomic E-state index is -2.37. The van der Waals surface area contributed by atoms with E-state index in [1.807, 2.05) is 0 Å². The Morgan fingerprint density at radius 3 is 2.83 bits per heavy atom. The smallest absolute Gasteiger partial charge is 0.201 e. The maximum atomic E-state index is 11.5. The van der Waals surface area contributed by atoms with Crippen LogP contribution < -0.4 is 0 Å². The summed E-state index contributed by atoms with van der Waals surface area (Å²) in [5.74, 6) is -0.586. The third kappa shape index (κ3) is 2.09. The van der Waals surface area contributed by atoms with Crippen molar-refractivity contribution in [3.63, 3.8) is 0 Å². The lowest BCUT2D eigenvalue weighted by Gasteiger charge is -2.04. The third-order valence-corrected chi connectivity index (χ3v) is 1.83. The van der Waals surface area contributed by atoms with Crippen LogP contribution in [-0.4, -0.2) is 22.5 Å². The van der Waals surface area contributed by atoms with Crippen LogP contribution in [0.5, 0.6) is 0 Å². The molecule has 0 radical (unpaired) electrons. The average Bonchev–Trinajstić information content (AvgIpc) is 2.15. The van der Waals surface area contributed by atoms with Gasteiger partial charge in [0.15, 0.2) is 5.44 Å². The highest BCUT2D eigenvalue weighted by Crippen LogP contribution is 2.10. The van der Waals surface area contributed by atoms with Crippen molar-refractivity contribution in [2.45, 2.75) is 5.44 Å². The molecule has 0 aliphatic carbocycles. The zero-order valence-corrected chi connectivity index (χ0v) is 7.04. The molecule has 0 bridgehead atoms. The van der Waals surface area contributed by atoms with Crippen LogP contribution in [-0.2, 0) is 0 Å². The summed E-state index contributed by atoms with van der Waals surface area (Å²) in [6, 6.07) is 8.11. The van der Waals surface area contributed by atoms with Gasteiger partial charge >= 0.3 is 0 Å². The first-order valence-corrected chi connectivity index (χ1v) is 4.23. The zero-order valence-electron chi connectivity index (χ0n) is 9.23. The van der Waals surface area contributed by atoms with Crippen molar-refractivity contribution < 1.29 is 14.0 Å². The van der Waals surface area contributed by atoms with Gasteiger partial charge in [0.05, 0.1) is 0 Å². The average molecular weight is 185 g/mol. The Kier molecular flexibility index (Phi) is 2.06. The molecule has 1 aromatic rings. The van der Waals surface area contributed by atoms with Crippen LogP contribution in [0.1, 0.15) is 14.5 Å². The number of carbonyl (C=O) groups excluding carboxylic acids is 1. The second-order valence-corrected chi connectivity index (χ2v) is 2.88. The molecule has 0 heterocycles. The molecule has 0 saturated heterocycles. The topological polar surface area (TPSA) is 37.3 Å². The standard InChI is InChI=1S/C9H10O2S/c1-12-9(11)8(10)7-5-3-2-4-6-7/h2-6,9,11H,1H3/i1D3. The Hall–Kier alpha value is -0.800. The molecule has 64 valence electrons. The van der Waals surface area contributed by atoms with E-state index in [-0.39, 0.29) is 11.8 Å². The molecule has 1 atom stereocenters. The van der Waals surface area contributed by atoms with E-state index in [9.17, 15) is 9.90 Å². The van der Waals surface area contributed by atoms with Crippen molar-refractivity contribution in [3.8, 4) is 0 Å². The molecule has 0 spiro atoms. The van der Waals surface area contributed by atoms with E-state index in [4.69, 9.17) is 4.11 Å². The molecule has 3 heteroatoms. The summed E-state index contributed by atoms with van der Waals surface area (Å²) >= 11 is 0.266. The largest absolute Gasteiger partial charge is 0.374 e. The Labute approximate surface area is 79.8 Å². The molecule has 1 unspecified atom stereocenters. The number of aliphatic hydroxyl groups is 1. The van der Waals surface area contributed by atoms with E-state index in [0.29, 0.717) is 5.56 Å². The van der Waals surface area contributed by atoms with Gasteiger partial charge in [-0.15, -0.1) is 11.8 Å². The van der Waals surface area contributed by atoms with Crippen molar-refractivity contribution in [2.24, 2.45) is 0 Å². The van der Waals surface area contributed by atoms with E-state index in [0.717, 1.165) is 0 Å². The van der Waals surface area contributed by atoms with Gasteiger partial charge < -0.3 is 5.11 Å². The number of carbonyl (C=O) groups is 1. The second kappa shape index (κ2) is 4.28. The minimum absolute atomic E-state index is 0.266. The summed E-state index contributed by atoms with van der Waals surface area (Å²) in [4.78, 5) is 11.5. The fourth-order valence-electron chi connectivity index (χ4n) is 0.799. The lowest BCUT2D eigenvalue weighted by molar-refractivity contribution is 0.0869. The molecule has 0 aliphatic rings. The lowest BCUT2D eigenvalue weighted by atomic mass is 10.1. The summed E-state index contributed by atoms with van der Waals surface area (Å²) < 4.78 is 20.7. The molecule has 1 rings (SSSR count). The number of ketones is 1. The summed E-state index contributed by atoms with van der Waals surface area (Å²) in [5, 5.41) is 9.36. The van der Waals surface area contributed by atoms with E-state index in [2.05, 4.69) is 0 Å². The van der Waals surface area contributed by atoms with Gasteiger partial charge in [-0.25, -0.2) is 0 Å². The minimum Gasteiger partial charge on any atom is -0.374 e. The molecule has 0 saturated carbocycles. The van der Waals surface area contributed by atoms with Gasteiger partial charge in [-0.1, -0.05) is 30.3 Å². The molecule has 1 N–H and O–H groups in total. The maximum absolute atomic E-state index is 11.5. The SMILES string of the molecule is [2H]C([2H])([2H])SC(O)C(=O)c1ccccc1. The number of Topliss-reactive ketones (excluding diaryl/α,β-unsaturated/α-hetero) is 1. The van der Waals surface area contributed by atoms with Crippen LogP contribution in [0.3, 0.4) is 0 Å². The van der Waals surface area contributed by atoms with Gasteiger partial charge in [0, 0.05) is 9.68 Å². The highest BCUT2D eigenvalue weighted by molar-refractivity contribution is 7.99. The quantitative estimate of drug-likeness (QED) is 0.573. The van der Waals surface area contributed by atoms with Crippen molar-refractivity contribution in [1.82, 2.24) is 0 Å². The van der Waals surface area contributed by atoms with Crippen LogP contribution >= 0.6 is 11.8 Å². The predicted octanol–water partition coefficient (Wildman–Crippen LogP) is 1.55. The first-order valence-electron chi connectivity index (χ1n) is 4.85. The molecule has 0 aromatic heterocycles. The molecule has 0 fully saturated rings. The fourth-order valence-corrected chi connectivity index (χ4v) is 1.04. The van der Waals surface area contributed by atoms with Crippen molar-refractivity contribution in [2.75, 3.05) is 6.18 Å². The van der Waals surface area contributed by atoms with E-state index < -0.39 is 17.4 Å². The molecular formula is C9H10O2S. The third-order valence-electron chi connectivity index (χ3n) is 1.39. The van der Waals surface area contributed by atoms with Gasteiger partial charge in [0.2, 0.25) is 5.78 Å². The second-order valence-electron chi connectivity index (χ2n) is 2.20. The number of hydrogen-bond acceptors (Lipinski definition) is 3. The fraction of sp³-hybridized carbons (Fsp3) is 0.222. The normalized spacial score (nSPS) is 17.2. The lowest BCUT2D eigenvalue weighted by Crippen LogP contribution is -2.15. The van der Waals surface area contributed by atoms with Gasteiger partial charge in [-0.3, -0.25) is 4.79 Å². The molecular weight excluding hydrogens is 172 g/mol. The zero-order chi connectivity index (χ0) is 11.5. The number of hydrogen-bond donors (Lipinski definition) is 1. The molecule has 0 amide bonds. The molecule has 12 heavy (non-hydrogen) atoms. The highest BCUT2D eigenvalue weighted by Gasteiger charge is 2.14. The number of aliphatic hydroxyl groups excluding tert-OH is 1. The maximum Gasteiger partial charge on any atom is 0.201 e.